The molecule has 0 fully saturated rings. The molecule has 0 amide bonds. The van der Waals surface area contributed by atoms with Gasteiger partial charge in [0.05, 0.1) is 11.1 Å². The minimum absolute atomic E-state index is 0.103. The van der Waals surface area contributed by atoms with Crippen molar-refractivity contribution in [3.63, 3.8) is 0 Å². The molecule has 0 saturated heterocycles. The van der Waals surface area contributed by atoms with E-state index in [4.69, 9.17) is 0 Å². The van der Waals surface area contributed by atoms with E-state index in [1.54, 1.807) is 72.8 Å². The Morgan fingerprint density at radius 3 is 0.793 bits per heavy atom. The average molecular weight is 1130 g/mol. The fraction of sp³-hybridized carbons (Fsp3) is 0.364. The standard InChI is InChI=1S/C66H66F10N6/c1-5-9-13-17-33-81(34-18-14-10-6-2)49-29-25-45(26-30-49)55(47(39-77)40-78)51(37-53-57(67)61(71)65(75)62(72)58(53)68)43-21-23-44(24-22-43)52(38-54-59(69)63(73)66(76)64(74)60(54)70)56(48(41-79)42-80)46-27-31-50(32-28-46)82(35-19-15-11-7-3)36-20-16-12-8-4/h21-32,37-38H,5-20,33-36H2,1-4H3/b51-37+,52-38+. The molecule has 0 aliphatic heterocycles. The Labute approximate surface area is 475 Å². The SMILES string of the molecule is CCCCCCN(CCCCCC)c1ccc(C(=C(C#N)C#N)/C(=C/c2c(F)c(F)c(F)c(F)c2F)c2ccc(/C(=C\c3c(F)c(F)c(F)c(F)c3F)C(=C(C#N)C#N)c3ccc(N(CCCCCC)CCCCCC)cc3)cc2)cc1. The summed E-state index contributed by atoms with van der Waals surface area (Å²) in [6.07, 6.45) is 16.9. The predicted molar refractivity (Wildman–Crippen MR) is 305 cm³/mol. The van der Waals surface area contributed by atoms with Crippen LogP contribution in [0.1, 0.15) is 164 Å². The molecular weight excluding hydrogens is 1070 g/mol. The van der Waals surface area contributed by atoms with Crippen molar-refractivity contribution in [2.75, 3.05) is 36.0 Å². The van der Waals surface area contributed by atoms with Crippen LogP contribution in [0.4, 0.5) is 55.3 Å². The number of nitrogens with zero attached hydrogens (tertiary/aromatic N) is 6. The summed E-state index contributed by atoms with van der Waals surface area (Å²) < 4.78 is 152. The second kappa shape index (κ2) is 32.4. The first-order valence-corrected chi connectivity index (χ1v) is 27.9. The van der Waals surface area contributed by atoms with Gasteiger partial charge >= 0.3 is 0 Å². The Balaban J connectivity index is 1.81. The monoisotopic (exact) mass is 1130 g/mol. The van der Waals surface area contributed by atoms with E-state index in [0.717, 1.165) is 114 Å². The van der Waals surface area contributed by atoms with Gasteiger partial charge in [-0.2, -0.15) is 21.0 Å². The number of anilines is 2. The summed E-state index contributed by atoms with van der Waals surface area (Å²) in [5.41, 5.74) is -4.28. The van der Waals surface area contributed by atoms with E-state index in [-0.39, 0.29) is 33.4 Å². The lowest BCUT2D eigenvalue weighted by Crippen LogP contribution is -2.25. The van der Waals surface area contributed by atoms with Gasteiger partial charge in [0.15, 0.2) is 46.5 Å². The lowest BCUT2D eigenvalue weighted by Gasteiger charge is -2.26. The summed E-state index contributed by atoms with van der Waals surface area (Å²) in [6, 6.07) is 24.9. The van der Waals surface area contributed by atoms with E-state index < -0.39 is 91.6 Å². The molecule has 0 unspecified atom stereocenters. The Morgan fingerprint density at radius 2 is 0.561 bits per heavy atom. The molecule has 0 N–H and O–H groups in total. The number of hydrogen-bond donors (Lipinski definition) is 0. The van der Waals surface area contributed by atoms with Crippen molar-refractivity contribution >= 4 is 45.8 Å². The van der Waals surface area contributed by atoms with E-state index in [1.165, 1.54) is 24.3 Å². The molecule has 0 saturated carbocycles. The number of unbranched alkanes of at least 4 members (excludes halogenated alkanes) is 12. The van der Waals surface area contributed by atoms with Crippen LogP contribution in [-0.2, 0) is 0 Å². The molecule has 0 aliphatic rings. The van der Waals surface area contributed by atoms with Crippen LogP contribution in [0.2, 0.25) is 0 Å². The second-order valence-electron chi connectivity index (χ2n) is 19.9. The molecule has 16 heteroatoms. The maximum Gasteiger partial charge on any atom is 0.200 e. The average Bonchev–Trinajstić information content (AvgIpc) is 3.70. The van der Waals surface area contributed by atoms with Gasteiger partial charge in [0.1, 0.15) is 35.4 Å². The van der Waals surface area contributed by atoms with E-state index in [2.05, 4.69) is 37.5 Å². The topological polar surface area (TPSA) is 102 Å². The first kappa shape index (κ1) is 64.7. The van der Waals surface area contributed by atoms with Gasteiger partial charge in [-0.15, -0.1) is 0 Å². The van der Waals surface area contributed by atoms with Gasteiger partial charge in [-0.3, -0.25) is 0 Å². The zero-order valence-corrected chi connectivity index (χ0v) is 46.7. The molecule has 0 bridgehead atoms. The highest BCUT2D eigenvalue weighted by Crippen LogP contribution is 2.42. The van der Waals surface area contributed by atoms with Crippen LogP contribution in [-0.4, -0.2) is 26.2 Å². The number of halogens is 10. The van der Waals surface area contributed by atoms with Gasteiger partial charge in [-0.25, -0.2) is 43.9 Å². The van der Waals surface area contributed by atoms with E-state index in [1.807, 2.05) is 0 Å². The molecule has 0 atom stereocenters. The fourth-order valence-electron chi connectivity index (χ4n) is 9.69. The van der Waals surface area contributed by atoms with Crippen molar-refractivity contribution in [2.24, 2.45) is 0 Å². The van der Waals surface area contributed by atoms with Crippen molar-refractivity contribution in [1.29, 1.82) is 21.0 Å². The molecule has 6 nitrogen and oxygen atoms in total. The third kappa shape index (κ3) is 16.1. The molecule has 5 aromatic rings. The highest BCUT2D eigenvalue weighted by atomic mass is 19.2. The molecule has 82 heavy (non-hydrogen) atoms. The van der Waals surface area contributed by atoms with Crippen molar-refractivity contribution in [2.45, 2.75) is 130 Å². The Bertz CT molecular complexity index is 2960. The predicted octanol–water partition coefficient (Wildman–Crippen LogP) is 19.1. The summed E-state index contributed by atoms with van der Waals surface area (Å²) in [7, 11) is 0. The number of hydrogen-bond acceptors (Lipinski definition) is 6. The van der Waals surface area contributed by atoms with Crippen LogP contribution >= 0.6 is 0 Å². The van der Waals surface area contributed by atoms with Crippen LogP contribution < -0.4 is 9.80 Å². The maximum atomic E-state index is 15.8. The zero-order valence-electron chi connectivity index (χ0n) is 46.7. The highest BCUT2D eigenvalue weighted by Gasteiger charge is 2.29. The zero-order chi connectivity index (χ0) is 59.9. The minimum atomic E-state index is -2.45. The van der Waals surface area contributed by atoms with Crippen LogP contribution in [0.3, 0.4) is 0 Å². The Hall–Kier alpha value is -8.08. The molecule has 0 aliphatic carbocycles. The lowest BCUT2D eigenvalue weighted by atomic mass is 9.84. The van der Waals surface area contributed by atoms with Gasteiger partial charge < -0.3 is 9.80 Å². The molecule has 430 valence electrons. The molecule has 0 radical (unpaired) electrons. The summed E-state index contributed by atoms with van der Waals surface area (Å²) in [5, 5.41) is 41.9. The van der Waals surface area contributed by atoms with E-state index in [9.17, 15) is 47.4 Å². The quantitative estimate of drug-likeness (QED) is 0.00863. The first-order valence-electron chi connectivity index (χ1n) is 27.9. The summed E-state index contributed by atoms with van der Waals surface area (Å²) in [6.45, 7) is 11.2. The van der Waals surface area contributed by atoms with Crippen molar-refractivity contribution < 1.29 is 43.9 Å². The number of benzene rings is 5. The van der Waals surface area contributed by atoms with Crippen molar-refractivity contribution in [1.82, 2.24) is 0 Å². The number of allylic oxidation sites excluding steroid dienone is 6. The van der Waals surface area contributed by atoms with Gasteiger partial charge in [0, 0.05) is 48.7 Å². The second-order valence-corrected chi connectivity index (χ2v) is 19.9. The fourth-order valence-corrected chi connectivity index (χ4v) is 9.69. The van der Waals surface area contributed by atoms with E-state index >= 15 is 17.6 Å². The molecule has 0 aromatic heterocycles. The third-order valence-corrected chi connectivity index (χ3v) is 14.2. The summed E-state index contributed by atoms with van der Waals surface area (Å²) >= 11 is 0. The van der Waals surface area contributed by atoms with Gasteiger partial charge in [0.25, 0.3) is 0 Å². The molecule has 0 heterocycles. The van der Waals surface area contributed by atoms with Crippen LogP contribution in [0.5, 0.6) is 0 Å². The van der Waals surface area contributed by atoms with Gasteiger partial charge in [-0.1, -0.05) is 153 Å². The largest absolute Gasteiger partial charge is 0.372 e. The highest BCUT2D eigenvalue weighted by molar-refractivity contribution is 6.15. The van der Waals surface area contributed by atoms with Crippen LogP contribution in [0, 0.1) is 103 Å². The van der Waals surface area contributed by atoms with Crippen LogP contribution in [0.15, 0.2) is 83.9 Å². The lowest BCUT2D eigenvalue weighted by molar-refractivity contribution is 0.377. The minimum Gasteiger partial charge on any atom is -0.372 e. The first-order chi connectivity index (χ1) is 39.6. The van der Waals surface area contributed by atoms with Gasteiger partial charge in [0.2, 0.25) is 11.6 Å². The number of nitriles is 4. The maximum absolute atomic E-state index is 15.8. The summed E-state index contributed by atoms with van der Waals surface area (Å²) in [4.78, 5) is 4.38. The molecule has 5 rings (SSSR count). The van der Waals surface area contributed by atoms with Gasteiger partial charge in [-0.05, 0) is 95.5 Å². The molecule has 5 aromatic carbocycles. The molecule has 0 spiro atoms. The van der Waals surface area contributed by atoms with Crippen molar-refractivity contribution in [3.05, 3.63) is 175 Å². The smallest absolute Gasteiger partial charge is 0.200 e. The van der Waals surface area contributed by atoms with Crippen molar-refractivity contribution in [3.8, 4) is 24.3 Å². The van der Waals surface area contributed by atoms with Crippen LogP contribution in [0.25, 0.3) is 34.4 Å². The molecular formula is C66H66F10N6. The van der Waals surface area contributed by atoms with E-state index in [0.29, 0.717) is 38.3 Å². The Morgan fingerprint density at radius 1 is 0.329 bits per heavy atom. The normalized spacial score (nSPS) is 11.4. The summed E-state index contributed by atoms with van der Waals surface area (Å²) in [5.74, 6) is -23.0. The number of rotatable bonds is 30. The Kier molecular flexibility index (Phi) is 25.6. The third-order valence-electron chi connectivity index (χ3n) is 14.2.